The Hall–Kier alpha value is -2.44. The predicted molar refractivity (Wildman–Crippen MR) is 98.8 cm³/mol. The van der Waals surface area contributed by atoms with Gasteiger partial charge < -0.3 is 10.1 Å². The Morgan fingerprint density at radius 2 is 1.81 bits per heavy atom. The molecule has 2 rings (SSSR count). The number of carbonyl (C=O) groups is 2. The highest BCUT2D eigenvalue weighted by molar-refractivity contribution is 6.31. The van der Waals surface area contributed by atoms with Crippen molar-refractivity contribution in [2.45, 2.75) is 19.4 Å². The SMILES string of the molecule is COC(=O)c1ccc(NC(=O)CNC(C)(C)c2ccc(F)cc2Cl)cc1. The van der Waals surface area contributed by atoms with Crippen molar-refractivity contribution in [3.05, 3.63) is 64.4 Å². The minimum Gasteiger partial charge on any atom is -0.465 e. The molecule has 0 fully saturated rings. The number of nitrogens with one attached hydrogen (secondary N) is 2. The van der Waals surface area contributed by atoms with Crippen molar-refractivity contribution in [3.63, 3.8) is 0 Å². The second kappa shape index (κ2) is 8.29. The van der Waals surface area contributed by atoms with Crippen LogP contribution in [0.5, 0.6) is 0 Å². The van der Waals surface area contributed by atoms with Gasteiger partial charge in [-0.2, -0.15) is 0 Å². The van der Waals surface area contributed by atoms with E-state index < -0.39 is 17.3 Å². The molecule has 2 aromatic carbocycles. The number of anilines is 1. The van der Waals surface area contributed by atoms with Gasteiger partial charge in [-0.05, 0) is 55.8 Å². The van der Waals surface area contributed by atoms with Crippen LogP contribution in [0.3, 0.4) is 0 Å². The van der Waals surface area contributed by atoms with Crippen LogP contribution in [-0.4, -0.2) is 25.5 Å². The van der Waals surface area contributed by atoms with Crippen LogP contribution < -0.4 is 10.6 Å². The Morgan fingerprint density at radius 1 is 1.15 bits per heavy atom. The molecule has 5 nitrogen and oxygen atoms in total. The van der Waals surface area contributed by atoms with Crippen LogP contribution in [0.1, 0.15) is 29.8 Å². The second-order valence-electron chi connectivity index (χ2n) is 6.22. The topological polar surface area (TPSA) is 67.4 Å². The Balaban J connectivity index is 1.96. The fourth-order valence-electron chi connectivity index (χ4n) is 2.41. The van der Waals surface area contributed by atoms with Gasteiger partial charge in [-0.3, -0.25) is 10.1 Å². The zero-order valence-corrected chi connectivity index (χ0v) is 15.5. The first-order chi connectivity index (χ1) is 12.2. The summed E-state index contributed by atoms with van der Waals surface area (Å²) in [5.74, 6) is -1.12. The number of hydrogen-bond donors (Lipinski definition) is 2. The van der Waals surface area contributed by atoms with Crippen LogP contribution in [0.4, 0.5) is 10.1 Å². The highest BCUT2D eigenvalue weighted by Gasteiger charge is 2.23. The van der Waals surface area contributed by atoms with Gasteiger partial charge in [0.05, 0.1) is 19.2 Å². The van der Waals surface area contributed by atoms with Crippen LogP contribution in [-0.2, 0) is 15.1 Å². The summed E-state index contributed by atoms with van der Waals surface area (Å²) in [5.41, 5.74) is 1.02. The lowest BCUT2D eigenvalue weighted by molar-refractivity contribution is -0.115. The third-order valence-corrected chi connectivity index (χ3v) is 4.20. The van der Waals surface area contributed by atoms with E-state index in [1.54, 1.807) is 30.3 Å². The zero-order valence-electron chi connectivity index (χ0n) is 14.7. The van der Waals surface area contributed by atoms with Crippen molar-refractivity contribution in [1.82, 2.24) is 5.32 Å². The molecule has 1 amide bonds. The van der Waals surface area contributed by atoms with Gasteiger partial charge >= 0.3 is 5.97 Å². The van der Waals surface area contributed by atoms with E-state index >= 15 is 0 Å². The molecule has 2 N–H and O–H groups in total. The summed E-state index contributed by atoms with van der Waals surface area (Å²) >= 11 is 6.09. The van der Waals surface area contributed by atoms with Crippen molar-refractivity contribution >= 4 is 29.2 Å². The van der Waals surface area contributed by atoms with Gasteiger partial charge in [0.15, 0.2) is 0 Å². The van der Waals surface area contributed by atoms with E-state index in [2.05, 4.69) is 15.4 Å². The number of esters is 1. The van der Waals surface area contributed by atoms with Crippen LogP contribution in [0.15, 0.2) is 42.5 Å². The van der Waals surface area contributed by atoms with Gasteiger partial charge in [-0.1, -0.05) is 17.7 Å². The molecule has 0 aliphatic rings. The maximum atomic E-state index is 13.2. The number of ether oxygens (including phenoxy) is 1. The highest BCUT2D eigenvalue weighted by Crippen LogP contribution is 2.28. The Morgan fingerprint density at radius 3 is 2.38 bits per heavy atom. The van der Waals surface area contributed by atoms with Gasteiger partial charge in [-0.25, -0.2) is 9.18 Å². The molecule has 0 saturated carbocycles. The molecule has 0 bridgehead atoms. The number of carbonyl (C=O) groups excluding carboxylic acids is 2. The molecule has 26 heavy (non-hydrogen) atoms. The van der Waals surface area contributed by atoms with Crippen molar-refractivity contribution < 1.29 is 18.7 Å². The van der Waals surface area contributed by atoms with Crippen molar-refractivity contribution in [2.75, 3.05) is 19.0 Å². The number of amides is 1. The number of hydrogen-bond acceptors (Lipinski definition) is 4. The molecule has 2 aromatic rings. The average Bonchev–Trinajstić information content (AvgIpc) is 2.60. The fraction of sp³-hybridized carbons (Fsp3) is 0.263. The molecule has 0 aliphatic carbocycles. The van der Waals surface area contributed by atoms with Gasteiger partial charge in [0.25, 0.3) is 0 Å². The lowest BCUT2D eigenvalue weighted by Crippen LogP contribution is -2.41. The molecule has 0 saturated heterocycles. The summed E-state index contributed by atoms with van der Waals surface area (Å²) in [6.07, 6.45) is 0. The van der Waals surface area contributed by atoms with Gasteiger partial charge in [-0.15, -0.1) is 0 Å². The lowest BCUT2D eigenvalue weighted by atomic mass is 9.94. The van der Waals surface area contributed by atoms with E-state index in [1.165, 1.54) is 19.2 Å². The van der Waals surface area contributed by atoms with E-state index in [0.29, 0.717) is 21.8 Å². The molecule has 0 atom stereocenters. The van der Waals surface area contributed by atoms with Crippen LogP contribution in [0, 0.1) is 5.82 Å². The third-order valence-electron chi connectivity index (χ3n) is 3.89. The van der Waals surface area contributed by atoms with E-state index in [4.69, 9.17) is 11.6 Å². The molecule has 0 spiro atoms. The number of benzene rings is 2. The van der Waals surface area contributed by atoms with E-state index in [1.807, 2.05) is 13.8 Å². The quantitative estimate of drug-likeness (QED) is 0.751. The highest BCUT2D eigenvalue weighted by atomic mass is 35.5. The minimum atomic E-state index is -0.628. The largest absolute Gasteiger partial charge is 0.465 e. The lowest BCUT2D eigenvalue weighted by Gasteiger charge is -2.27. The summed E-state index contributed by atoms with van der Waals surface area (Å²) < 4.78 is 17.8. The van der Waals surface area contributed by atoms with Crippen LogP contribution in [0.25, 0.3) is 0 Å². The van der Waals surface area contributed by atoms with Crippen LogP contribution >= 0.6 is 11.6 Å². The standard InChI is InChI=1S/C19H20ClFN2O3/c1-19(2,15-9-6-13(21)10-16(15)20)22-11-17(24)23-14-7-4-12(5-8-14)18(25)26-3/h4-10,22H,11H2,1-3H3,(H,23,24). The number of rotatable bonds is 6. The van der Waals surface area contributed by atoms with E-state index in [9.17, 15) is 14.0 Å². The Kier molecular flexibility index (Phi) is 6.34. The smallest absolute Gasteiger partial charge is 0.337 e. The summed E-state index contributed by atoms with van der Waals surface area (Å²) in [6.45, 7) is 3.73. The molecule has 0 unspecified atom stereocenters. The maximum absolute atomic E-state index is 13.2. The number of methoxy groups -OCH3 is 1. The van der Waals surface area contributed by atoms with Gasteiger partial charge in [0.1, 0.15) is 5.82 Å². The minimum absolute atomic E-state index is 0.0272. The summed E-state index contributed by atoms with van der Waals surface area (Å²) in [4.78, 5) is 23.5. The first-order valence-corrected chi connectivity index (χ1v) is 8.29. The van der Waals surface area contributed by atoms with Crippen molar-refractivity contribution in [2.24, 2.45) is 0 Å². The summed E-state index contributed by atoms with van der Waals surface area (Å²) in [6, 6.07) is 10.5. The molecule has 138 valence electrons. The van der Waals surface area contributed by atoms with Gasteiger partial charge in [0.2, 0.25) is 5.91 Å². The average molecular weight is 379 g/mol. The molecule has 0 aliphatic heterocycles. The molecule has 0 radical (unpaired) electrons. The predicted octanol–water partition coefficient (Wildman–Crippen LogP) is 3.73. The third kappa shape index (κ3) is 5.03. The van der Waals surface area contributed by atoms with E-state index in [-0.39, 0.29) is 12.5 Å². The zero-order chi connectivity index (χ0) is 19.3. The normalized spacial score (nSPS) is 11.1. The Bertz CT molecular complexity index is 807. The first-order valence-electron chi connectivity index (χ1n) is 7.92. The van der Waals surface area contributed by atoms with E-state index in [0.717, 1.165) is 0 Å². The van der Waals surface area contributed by atoms with Gasteiger partial charge in [0, 0.05) is 16.2 Å². The number of halogens is 2. The maximum Gasteiger partial charge on any atom is 0.337 e. The molecular formula is C19H20ClFN2O3. The molecule has 0 heterocycles. The first kappa shape index (κ1) is 19.9. The van der Waals surface area contributed by atoms with Crippen molar-refractivity contribution in [1.29, 1.82) is 0 Å². The summed E-state index contributed by atoms with van der Waals surface area (Å²) in [7, 11) is 1.30. The van der Waals surface area contributed by atoms with Crippen molar-refractivity contribution in [3.8, 4) is 0 Å². The second-order valence-corrected chi connectivity index (χ2v) is 6.63. The van der Waals surface area contributed by atoms with Crippen LogP contribution in [0.2, 0.25) is 5.02 Å². The molecular weight excluding hydrogens is 359 g/mol. The molecule has 7 heteroatoms. The Labute approximate surface area is 156 Å². The summed E-state index contributed by atoms with van der Waals surface area (Å²) in [5, 5.41) is 6.12. The monoisotopic (exact) mass is 378 g/mol. The fourth-order valence-corrected chi connectivity index (χ4v) is 2.81. The molecule has 0 aromatic heterocycles.